The number of anilines is 1. The zero-order chi connectivity index (χ0) is 22.8. The number of thioether (sulfide) groups is 1. The summed E-state index contributed by atoms with van der Waals surface area (Å²) in [6.45, 7) is 2.41. The van der Waals surface area contributed by atoms with Gasteiger partial charge in [-0.3, -0.25) is 9.48 Å². The normalized spacial score (nSPS) is 11.6. The van der Waals surface area contributed by atoms with Crippen molar-refractivity contribution in [3.05, 3.63) is 35.0 Å². The van der Waals surface area contributed by atoms with Crippen molar-refractivity contribution in [2.24, 2.45) is 7.05 Å². The maximum atomic E-state index is 12.9. The molecule has 8 nitrogen and oxygen atoms in total. The van der Waals surface area contributed by atoms with Crippen LogP contribution in [0.25, 0.3) is 11.4 Å². The van der Waals surface area contributed by atoms with E-state index in [0.29, 0.717) is 29.0 Å². The van der Waals surface area contributed by atoms with Crippen LogP contribution in [-0.2, 0) is 24.6 Å². The highest BCUT2D eigenvalue weighted by atomic mass is 35.5. The molecule has 1 amide bonds. The number of alkyl halides is 3. The Labute approximate surface area is 184 Å². The predicted octanol–water partition coefficient (Wildman–Crippen LogP) is 4.11. The Morgan fingerprint density at radius 1 is 1.32 bits per heavy atom. The minimum atomic E-state index is -4.54. The van der Waals surface area contributed by atoms with Crippen LogP contribution in [0.1, 0.15) is 12.5 Å². The number of carbonyl (C=O) groups is 1. The minimum absolute atomic E-state index is 0.00836. The molecule has 0 aliphatic carbocycles. The number of amides is 1. The molecule has 166 valence electrons. The summed E-state index contributed by atoms with van der Waals surface area (Å²) in [5.74, 6) is 0.279. The third kappa shape index (κ3) is 5.13. The molecule has 0 saturated heterocycles. The van der Waals surface area contributed by atoms with Gasteiger partial charge in [-0.2, -0.15) is 13.2 Å². The molecule has 2 heterocycles. The number of aromatic nitrogens is 5. The predicted molar refractivity (Wildman–Crippen MR) is 110 cm³/mol. The van der Waals surface area contributed by atoms with Crippen molar-refractivity contribution < 1.29 is 22.7 Å². The van der Waals surface area contributed by atoms with Gasteiger partial charge in [-0.1, -0.05) is 23.4 Å². The first kappa shape index (κ1) is 22.9. The molecule has 1 N–H and O–H groups in total. The SMILES string of the molecule is CCn1c(SCC(=O)Nc2cc(C(F)(F)F)ccc2Cl)nnc1-c1cn(C)nc1OC. The van der Waals surface area contributed by atoms with E-state index in [1.54, 1.807) is 22.5 Å². The molecule has 0 radical (unpaired) electrons. The third-order valence-corrected chi connectivity index (χ3v) is 5.46. The van der Waals surface area contributed by atoms with Gasteiger partial charge in [0.25, 0.3) is 0 Å². The summed E-state index contributed by atoms with van der Waals surface area (Å²) in [4.78, 5) is 12.3. The van der Waals surface area contributed by atoms with Crippen LogP contribution in [0.5, 0.6) is 5.88 Å². The van der Waals surface area contributed by atoms with E-state index in [2.05, 4.69) is 20.6 Å². The van der Waals surface area contributed by atoms with Crippen LogP contribution in [0, 0.1) is 0 Å². The number of hydrogen-bond acceptors (Lipinski definition) is 6. The summed E-state index contributed by atoms with van der Waals surface area (Å²) < 4.78 is 47.3. The van der Waals surface area contributed by atoms with Gasteiger partial charge < -0.3 is 14.6 Å². The molecule has 31 heavy (non-hydrogen) atoms. The van der Waals surface area contributed by atoms with Crippen molar-refractivity contribution in [1.82, 2.24) is 24.5 Å². The molecule has 0 saturated carbocycles. The van der Waals surface area contributed by atoms with E-state index < -0.39 is 17.6 Å². The molecule has 3 rings (SSSR count). The standard InChI is InChI=1S/C18H18ClF3N6O2S/c1-4-28-15(11-8-27(2)26-16(11)30-3)24-25-17(28)31-9-14(29)23-13-7-10(18(20,21)22)5-6-12(13)19/h5-8H,4,9H2,1-3H3,(H,23,29). The Morgan fingerprint density at radius 3 is 2.71 bits per heavy atom. The van der Waals surface area contributed by atoms with E-state index in [0.717, 1.165) is 30.0 Å². The van der Waals surface area contributed by atoms with Crippen LogP contribution >= 0.6 is 23.4 Å². The first-order chi connectivity index (χ1) is 14.6. The number of ether oxygens (including phenoxy) is 1. The van der Waals surface area contributed by atoms with Crippen LogP contribution in [0.15, 0.2) is 29.6 Å². The maximum absolute atomic E-state index is 12.9. The molecule has 0 bridgehead atoms. The molecule has 0 spiro atoms. The van der Waals surface area contributed by atoms with Crippen LogP contribution < -0.4 is 10.1 Å². The molecule has 13 heteroatoms. The first-order valence-corrected chi connectivity index (χ1v) is 10.3. The van der Waals surface area contributed by atoms with Crippen LogP contribution in [0.3, 0.4) is 0 Å². The number of methoxy groups -OCH3 is 1. The average molecular weight is 475 g/mol. The van der Waals surface area contributed by atoms with Crippen molar-refractivity contribution in [3.8, 4) is 17.3 Å². The largest absolute Gasteiger partial charge is 0.479 e. The first-order valence-electron chi connectivity index (χ1n) is 8.94. The van der Waals surface area contributed by atoms with Crippen molar-refractivity contribution in [3.63, 3.8) is 0 Å². The number of nitrogens with one attached hydrogen (secondary N) is 1. The molecule has 2 aromatic heterocycles. The van der Waals surface area contributed by atoms with Crippen molar-refractivity contribution in [1.29, 1.82) is 0 Å². The molecule has 3 aromatic rings. The highest BCUT2D eigenvalue weighted by Gasteiger charge is 2.31. The van der Waals surface area contributed by atoms with Crippen molar-refractivity contribution in [2.75, 3.05) is 18.2 Å². The van der Waals surface area contributed by atoms with E-state index in [4.69, 9.17) is 16.3 Å². The Morgan fingerprint density at radius 2 is 2.06 bits per heavy atom. The molecule has 0 fully saturated rings. The van der Waals surface area contributed by atoms with Gasteiger partial charge in [-0.15, -0.1) is 15.3 Å². The van der Waals surface area contributed by atoms with Crippen LogP contribution in [0.2, 0.25) is 5.02 Å². The quantitative estimate of drug-likeness (QED) is 0.518. The summed E-state index contributed by atoms with van der Waals surface area (Å²) >= 11 is 7.02. The highest BCUT2D eigenvalue weighted by molar-refractivity contribution is 7.99. The van der Waals surface area contributed by atoms with Gasteiger partial charge in [-0.25, -0.2) is 0 Å². The third-order valence-electron chi connectivity index (χ3n) is 4.16. The Hall–Kier alpha value is -2.73. The summed E-state index contributed by atoms with van der Waals surface area (Å²) in [5, 5.41) is 15.4. The molecule has 0 aliphatic rings. The maximum Gasteiger partial charge on any atom is 0.416 e. The van der Waals surface area contributed by atoms with Crippen LogP contribution in [-0.4, -0.2) is 43.3 Å². The average Bonchev–Trinajstić information content (AvgIpc) is 3.29. The molecule has 0 aliphatic heterocycles. The second-order valence-corrected chi connectivity index (χ2v) is 7.66. The summed E-state index contributed by atoms with van der Waals surface area (Å²) in [6, 6.07) is 2.74. The monoisotopic (exact) mass is 474 g/mol. The van der Waals surface area contributed by atoms with E-state index in [9.17, 15) is 18.0 Å². The Balaban J connectivity index is 1.74. The molecule has 1 aromatic carbocycles. The number of halogens is 4. The fraction of sp³-hybridized carbons (Fsp3) is 0.333. The fourth-order valence-corrected chi connectivity index (χ4v) is 3.73. The second kappa shape index (κ2) is 9.18. The number of hydrogen-bond donors (Lipinski definition) is 1. The van der Waals surface area contributed by atoms with E-state index >= 15 is 0 Å². The smallest absolute Gasteiger partial charge is 0.416 e. The van der Waals surface area contributed by atoms with Gasteiger partial charge in [0.15, 0.2) is 11.0 Å². The second-order valence-electron chi connectivity index (χ2n) is 6.31. The van der Waals surface area contributed by atoms with Gasteiger partial charge in [0.05, 0.1) is 29.1 Å². The van der Waals surface area contributed by atoms with Gasteiger partial charge in [0.2, 0.25) is 11.8 Å². The van der Waals surface area contributed by atoms with Gasteiger partial charge in [0.1, 0.15) is 5.56 Å². The fourth-order valence-electron chi connectivity index (χ4n) is 2.77. The lowest BCUT2D eigenvalue weighted by atomic mass is 10.2. The van der Waals surface area contributed by atoms with Crippen LogP contribution in [0.4, 0.5) is 18.9 Å². The van der Waals surface area contributed by atoms with Crippen molar-refractivity contribution >= 4 is 35.0 Å². The minimum Gasteiger partial charge on any atom is -0.479 e. The van der Waals surface area contributed by atoms with Gasteiger partial charge in [0, 0.05) is 19.8 Å². The zero-order valence-electron chi connectivity index (χ0n) is 16.7. The topological polar surface area (TPSA) is 86.9 Å². The zero-order valence-corrected chi connectivity index (χ0v) is 18.3. The Bertz CT molecular complexity index is 1100. The molecule has 0 unspecified atom stereocenters. The number of rotatable bonds is 7. The van der Waals surface area contributed by atoms with Crippen molar-refractivity contribution in [2.45, 2.75) is 24.8 Å². The lowest BCUT2D eigenvalue weighted by Gasteiger charge is -2.11. The summed E-state index contributed by atoms with van der Waals surface area (Å²) in [5.41, 5.74) is -0.369. The lowest BCUT2D eigenvalue weighted by molar-refractivity contribution is -0.137. The van der Waals surface area contributed by atoms with E-state index in [1.165, 1.54) is 7.11 Å². The lowest BCUT2D eigenvalue weighted by Crippen LogP contribution is -2.16. The van der Waals surface area contributed by atoms with Gasteiger partial charge in [-0.05, 0) is 25.1 Å². The highest BCUT2D eigenvalue weighted by Crippen LogP contribution is 2.34. The number of aryl methyl sites for hydroxylation is 1. The number of nitrogens with zero attached hydrogens (tertiary/aromatic N) is 5. The molecular formula is C18H18ClF3N6O2S. The molecular weight excluding hydrogens is 457 g/mol. The number of carbonyl (C=O) groups excluding carboxylic acids is 1. The summed E-state index contributed by atoms with van der Waals surface area (Å²) in [6.07, 6.45) is -2.80. The van der Waals surface area contributed by atoms with E-state index in [1.807, 2.05) is 6.92 Å². The van der Waals surface area contributed by atoms with E-state index in [-0.39, 0.29) is 16.5 Å². The van der Waals surface area contributed by atoms with Gasteiger partial charge >= 0.3 is 6.18 Å². The Kier molecular flexibility index (Phi) is 6.80. The number of benzene rings is 1. The summed E-state index contributed by atoms with van der Waals surface area (Å²) in [7, 11) is 3.25. The molecule has 0 atom stereocenters.